The number of carboxylic acid groups (broad SMARTS) is 1. The number of rotatable bonds is 4. The van der Waals surface area contributed by atoms with E-state index in [0.717, 1.165) is 12.8 Å². The third-order valence-corrected chi connectivity index (χ3v) is 2.76. The second kappa shape index (κ2) is 4.45. The summed E-state index contributed by atoms with van der Waals surface area (Å²) in [5, 5.41) is 9.11. The highest BCUT2D eigenvalue weighted by molar-refractivity contribution is 6.01. The van der Waals surface area contributed by atoms with Crippen molar-refractivity contribution in [3.8, 4) is 0 Å². The number of carboxylic acids is 1. The fraction of sp³-hybridized carbons (Fsp3) is 0.333. The molecule has 0 aliphatic rings. The van der Waals surface area contributed by atoms with E-state index in [9.17, 15) is 9.59 Å². The Balaban J connectivity index is 2.68. The molecule has 0 amide bonds. The number of benzene rings is 1. The van der Waals surface area contributed by atoms with E-state index < -0.39 is 5.97 Å². The van der Waals surface area contributed by atoms with Crippen LogP contribution in [0.3, 0.4) is 0 Å². The Morgan fingerprint density at radius 1 is 1.47 bits per heavy atom. The number of aromatic carboxylic acids is 1. The molecule has 2 rings (SSSR count). The van der Waals surface area contributed by atoms with Gasteiger partial charge in [0.05, 0.1) is 16.6 Å². The first kappa shape index (κ1) is 11.4. The molecule has 0 saturated carbocycles. The second-order valence-electron chi connectivity index (χ2n) is 3.94. The number of carbonyl (C=O) groups is 1. The molecule has 5 nitrogen and oxygen atoms in total. The average molecular weight is 234 g/mol. The lowest BCUT2D eigenvalue weighted by Crippen LogP contribution is -2.17. The van der Waals surface area contributed by atoms with E-state index in [1.165, 1.54) is 10.6 Å². The van der Waals surface area contributed by atoms with Gasteiger partial charge in [-0.3, -0.25) is 4.57 Å². The maximum absolute atomic E-state index is 11.7. The molecule has 0 aliphatic heterocycles. The van der Waals surface area contributed by atoms with Gasteiger partial charge in [0.2, 0.25) is 0 Å². The van der Waals surface area contributed by atoms with Crippen molar-refractivity contribution >= 4 is 17.0 Å². The van der Waals surface area contributed by atoms with Crippen LogP contribution in [0, 0.1) is 0 Å². The molecule has 1 heterocycles. The first-order valence-corrected chi connectivity index (χ1v) is 5.60. The number of aromatic nitrogens is 2. The minimum absolute atomic E-state index is 0.164. The van der Waals surface area contributed by atoms with E-state index in [1.807, 2.05) is 6.92 Å². The van der Waals surface area contributed by atoms with E-state index in [-0.39, 0.29) is 11.3 Å². The smallest absolute Gasteiger partial charge is 0.337 e. The Bertz CT molecular complexity index is 610. The van der Waals surface area contributed by atoms with E-state index in [1.54, 1.807) is 12.1 Å². The maximum atomic E-state index is 11.7. The number of fused-ring (bicyclic) bond motifs is 1. The topological polar surface area (TPSA) is 75.1 Å². The highest BCUT2D eigenvalue weighted by Gasteiger charge is 2.14. The van der Waals surface area contributed by atoms with E-state index in [2.05, 4.69) is 4.98 Å². The van der Waals surface area contributed by atoms with Gasteiger partial charge in [0.15, 0.2) is 0 Å². The summed E-state index contributed by atoms with van der Waals surface area (Å²) in [6.45, 7) is 2.57. The van der Waals surface area contributed by atoms with Gasteiger partial charge in [0.1, 0.15) is 0 Å². The van der Waals surface area contributed by atoms with Crippen molar-refractivity contribution in [3.63, 3.8) is 0 Å². The van der Waals surface area contributed by atoms with Crippen LogP contribution < -0.4 is 5.69 Å². The molecular weight excluding hydrogens is 220 g/mol. The number of aromatic amines is 1. The van der Waals surface area contributed by atoms with Crippen LogP contribution in [0.4, 0.5) is 0 Å². The van der Waals surface area contributed by atoms with E-state index in [4.69, 9.17) is 5.11 Å². The van der Waals surface area contributed by atoms with Gasteiger partial charge in [-0.05, 0) is 18.6 Å². The van der Waals surface area contributed by atoms with Crippen LogP contribution in [0.1, 0.15) is 30.1 Å². The van der Waals surface area contributed by atoms with Crippen LogP contribution in [0.15, 0.2) is 23.0 Å². The van der Waals surface area contributed by atoms with Gasteiger partial charge in [-0.15, -0.1) is 0 Å². The fourth-order valence-electron chi connectivity index (χ4n) is 1.92. The molecule has 90 valence electrons. The molecule has 1 aromatic heterocycles. The molecule has 0 aliphatic carbocycles. The van der Waals surface area contributed by atoms with Crippen LogP contribution in [0.5, 0.6) is 0 Å². The lowest BCUT2D eigenvalue weighted by Gasteiger charge is -2.04. The summed E-state index contributed by atoms with van der Waals surface area (Å²) in [5.41, 5.74) is 0.976. The molecule has 17 heavy (non-hydrogen) atoms. The molecule has 0 saturated heterocycles. The van der Waals surface area contributed by atoms with Crippen LogP contribution in [0.25, 0.3) is 11.0 Å². The van der Waals surface area contributed by atoms with Crippen LogP contribution in [-0.2, 0) is 6.54 Å². The molecule has 0 bridgehead atoms. The first-order chi connectivity index (χ1) is 8.15. The summed E-state index contributed by atoms with van der Waals surface area (Å²) >= 11 is 0. The van der Waals surface area contributed by atoms with Gasteiger partial charge in [-0.25, -0.2) is 9.59 Å². The van der Waals surface area contributed by atoms with Crippen LogP contribution in [0.2, 0.25) is 0 Å². The molecular formula is C12H14N2O3. The minimum Gasteiger partial charge on any atom is -0.478 e. The van der Waals surface area contributed by atoms with Gasteiger partial charge in [0, 0.05) is 6.54 Å². The zero-order chi connectivity index (χ0) is 12.4. The Morgan fingerprint density at radius 3 is 2.88 bits per heavy atom. The van der Waals surface area contributed by atoms with Crippen molar-refractivity contribution in [1.82, 2.24) is 9.55 Å². The van der Waals surface area contributed by atoms with E-state index in [0.29, 0.717) is 17.6 Å². The molecule has 0 atom stereocenters. The Kier molecular flexibility index (Phi) is 2.99. The number of hydrogen-bond donors (Lipinski definition) is 2. The molecule has 1 aromatic carbocycles. The monoisotopic (exact) mass is 234 g/mol. The standard InChI is InChI=1S/C12H14N2O3/c1-2-3-7-14-10-8(11(15)16)5-4-6-9(10)13-12(14)17/h4-6H,2-3,7H2,1H3,(H,13,17)(H,15,16). The van der Waals surface area contributed by atoms with Gasteiger partial charge < -0.3 is 10.1 Å². The third-order valence-electron chi connectivity index (χ3n) is 2.76. The van der Waals surface area contributed by atoms with Gasteiger partial charge >= 0.3 is 11.7 Å². The summed E-state index contributed by atoms with van der Waals surface area (Å²) in [6, 6.07) is 4.86. The summed E-state index contributed by atoms with van der Waals surface area (Å²) in [5.74, 6) is -1.01. The quantitative estimate of drug-likeness (QED) is 0.847. The first-order valence-electron chi connectivity index (χ1n) is 5.60. The molecule has 0 unspecified atom stereocenters. The number of nitrogens with one attached hydrogen (secondary N) is 1. The summed E-state index contributed by atoms with van der Waals surface area (Å²) in [7, 11) is 0. The number of hydrogen-bond acceptors (Lipinski definition) is 2. The van der Waals surface area contributed by atoms with Crippen molar-refractivity contribution in [3.05, 3.63) is 34.2 Å². The van der Waals surface area contributed by atoms with Crippen LogP contribution in [-0.4, -0.2) is 20.6 Å². The number of nitrogens with zero attached hydrogens (tertiary/aromatic N) is 1. The van der Waals surface area contributed by atoms with Crippen LogP contribution >= 0.6 is 0 Å². The number of para-hydroxylation sites is 1. The van der Waals surface area contributed by atoms with Crippen molar-refractivity contribution < 1.29 is 9.90 Å². The molecule has 0 fully saturated rings. The summed E-state index contributed by atoms with van der Waals surface area (Å²) in [6.07, 6.45) is 1.80. The number of imidazole rings is 1. The minimum atomic E-state index is -1.01. The van der Waals surface area contributed by atoms with E-state index >= 15 is 0 Å². The van der Waals surface area contributed by atoms with Crippen molar-refractivity contribution in [2.24, 2.45) is 0 Å². The van der Waals surface area contributed by atoms with Crippen molar-refractivity contribution in [1.29, 1.82) is 0 Å². The third kappa shape index (κ3) is 1.95. The zero-order valence-corrected chi connectivity index (χ0v) is 9.56. The predicted molar refractivity (Wildman–Crippen MR) is 64.4 cm³/mol. The second-order valence-corrected chi connectivity index (χ2v) is 3.94. The highest BCUT2D eigenvalue weighted by Crippen LogP contribution is 2.16. The normalized spacial score (nSPS) is 10.9. The molecule has 2 N–H and O–H groups in total. The SMILES string of the molecule is CCCCn1c(=O)[nH]c2cccc(C(=O)O)c21. The highest BCUT2D eigenvalue weighted by atomic mass is 16.4. The van der Waals surface area contributed by atoms with Gasteiger partial charge in [-0.1, -0.05) is 19.4 Å². The fourth-order valence-corrected chi connectivity index (χ4v) is 1.92. The molecule has 2 aromatic rings. The lowest BCUT2D eigenvalue weighted by atomic mass is 10.2. The summed E-state index contributed by atoms with van der Waals surface area (Å²) in [4.78, 5) is 25.5. The largest absolute Gasteiger partial charge is 0.478 e. The maximum Gasteiger partial charge on any atom is 0.337 e. The van der Waals surface area contributed by atoms with Gasteiger partial charge in [-0.2, -0.15) is 0 Å². The number of H-pyrrole nitrogens is 1. The predicted octanol–water partition coefficient (Wildman–Crippen LogP) is 1.83. The van der Waals surface area contributed by atoms with Crippen molar-refractivity contribution in [2.75, 3.05) is 0 Å². The average Bonchev–Trinajstić information content (AvgIpc) is 2.61. The molecule has 0 spiro atoms. The Hall–Kier alpha value is -2.04. The Labute approximate surface area is 97.7 Å². The van der Waals surface area contributed by atoms with Crippen molar-refractivity contribution in [2.45, 2.75) is 26.3 Å². The molecule has 5 heteroatoms. The summed E-state index contributed by atoms with van der Waals surface area (Å²) < 4.78 is 1.50. The number of aryl methyl sites for hydroxylation is 1. The lowest BCUT2D eigenvalue weighted by molar-refractivity contribution is 0.0698. The van der Waals surface area contributed by atoms with Gasteiger partial charge in [0.25, 0.3) is 0 Å². The number of unbranched alkanes of at least 4 members (excludes halogenated alkanes) is 1. The Morgan fingerprint density at radius 2 is 2.24 bits per heavy atom. The zero-order valence-electron chi connectivity index (χ0n) is 9.56. The molecule has 0 radical (unpaired) electrons.